The third-order valence-electron chi connectivity index (χ3n) is 3.12. The van der Waals surface area contributed by atoms with Gasteiger partial charge in [-0.3, -0.25) is 0 Å². The Kier molecular flexibility index (Phi) is 3.49. The maximum Gasteiger partial charge on any atom is 0.168 e. The molecule has 0 saturated heterocycles. The maximum atomic E-state index is 14.0. The van der Waals surface area contributed by atoms with Crippen LogP contribution in [0.2, 0.25) is 0 Å². The summed E-state index contributed by atoms with van der Waals surface area (Å²) in [7, 11) is 0. The quantitative estimate of drug-likeness (QED) is 0.763. The van der Waals surface area contributed by atoms with E-state index in [4.69, 9.17) is 5.11 Å². The van der Waals surface area contributed by atoms with Crippen LogP contribution in [0.3, 0.4) is 0 Å². The zero-order valence-electron chi connectivity index (χ0n) is 11.4. The molecule has 0 spiro atoms. The number of para-hydroxylation sites is 1. The molecule has 0 bridgehead atoms. The molecule has 7 heteroatoms. The highest BCUT2D eigenvalue weighted by molar-refractivity contribution is 5.90. The Labute approximate surface area is 120 Å². The highest BCUT2D eigenvalue weighted by Gasteiger charge is 2.16. The molecular weight excluding hydrogens is 273 g/mol. The first-order chi connectivity index (χ1) is 10.2. The lowest BCUT2D eigenvalue weighted by Crippen LogP contribution is -2.08. The van der Waals surface area contributed by atoms with Crippen LogP contribution in [0.1, 0.15) is 5.69 Å². The molecule has 0 atom stereocenters. The summed E-state index contributed by atoms with van der Waals surface area (Å²) < 4.78 is 15.4. The van der Waals surface area contributed by atoms with Crippen LogP contribution in [-0.2, 0) is 0 Å². The van der Waals surface area contributed by atoms with Gasteiger partial charge in [-0.15, -0.1) is 0 Å². The van der Waals surface area contributed by atoms with Crippen LogP contribution in [0.4, 0.5) is 10.2 Å². The van der Waals surface area contributed by atoms with Gasteiger partial charge in [-0.1, -0.05) is 12.1 Å². The van der Waals surface area contributed by atoms with Crippen LogP contribution < -0.4 is 5.32 Å². The van der Waals surface area contributed by atoms with Crippen LogP contribution in [0.25, 0.3) is 16.7 Å². The number of aryl methyl sites for hydroxylation is 1. The van der Waals surface area contributed by atoms with E-state index in [0.717, 1.165) is 0 Å². The van der Waals surface area contributed by atoms with Gasteiger partial charge in [0, 0.05) is 6.54 Å². The van der Waals surface area contributed by atoms with Crippen molar-refractivity contribution in [2.24, 2.45) is 0 Å². The van der Waals surface area contributed by atoms with E-state index >= 15 is 0 Å². The smallest absolute Gasteiger partial charge is 0.168 e. The molecule has 0 aliphatic rings. The molecule has 0 radical (unpaired) electrons. The standard InChI is InChI=1S/C14H14FN5O/c1-9-12-13(16-6-7-21)17-8-18-14(12)20(19-9)11-5-3-2-4-10(11)15/h2-5,8,21H,6-7H2,1H3,(H,16,17,18). The molecule has 3 aromatic rings. The first-order valence-electron chi connectivity index (χ1n) is 6.52. The zero-order valence-corrected chi connectivity index (χ0v) is 11.4. The number of aliphatic hydroxyl groups is 1. The summed E-state index contributed by atoms with van der Waals surface area (Å²) in [5.41, 5.74) is 1.55. The summed E-state index contributed by atoms with van der Waals surface area (Å²) in [6.45, 7) is 2.18. The molecule has 3 rings (SSSR count). The number of fused-ring (bicyclic) bond motifs is 1. The lowest BCUT2D eigenvalue weighted by molar-refractivity contribution is 0.311. The second kappa shape index (κ2) is 5.45. The Morgan fingerprint density at radius 2 is 2.10 bits per heavy atom. The fourth-order valence-corrected chi connectivity index (χ4v) is 2.22. The number of nitrogens with one attached hydrogen (secondary N) is 1. The van der Waals surface area contributed by atoms with Gasteiger partial charge in [0.25, 0.3) is 0 Å². The lowest BCUT2D eigenvalue weighted by atomic mass is 10.3. The fourth-order valence-electron chi connectivity index (χ4n) is 2.22. The summed E-state index contributed by atoms with van der Waals surface area (Å²) in [4.78, 5) is 8.36. The van der Waals surface area contributed by atoms with E-state index in [1.54, 1.807) is 18.2 Å². The summed E-state index contributed by atoms with van der Waals surface area (Å²) >= 11 is 0. The SMILES string of the molecule is Cc1nn(-c2ccccc2F)c2ncnc(NCCO)c12. The van der Waals surface area contributed by atoms with Crippen LogP contribution in [0.15, 0.2) is 30.6 Å². The van der Waals surface area contributed by atoms with Crippen LogP contribution >= 0.6 is 0 Å². The number of aromatic nitrogens is 4. The Bertz CT molecular complexity index is 786. The van der Waals surface area contributed by atoms with Crippen molar-refractivity contribution in [1.82, 2.24) is 19.7 Å². The van der Waals surface area contributed by atoms with Crippen molar-refractivity contribution >= 4 is 16.9 Å². The number of hydrogen-bond acceptors (Lipinski definition) is 5. The van der Waals surface area contributed by atoms with Gasteiger partial charge in [-0.25, -0.2) is 19.0 Å². The summed E-state index contributed by atoms with van der Waals surface area (Å²) in [5, 5.41) is 17.0. The van der Waals surface area contributed by atoms with Gasteiger partial charge in [0.1, 0.15) is 23.6 Å². The molecule has 2 aromatic heterocycles. The Morgan fingerprint density at radius 1 is 1.29 bits per heavy atom. The number of aliphatic hydroxyl groups excluding tert-OH is 1. The van der Waals surface area contributed by atoms with Crippen LogP contribution in [-0.4, -0.2) is 38.0 Å². The minimum absolute atomic E-state index is 0.00794. The van der Waals surface area contributed by atoms with Gasteiger partial charge in [0.15, 0.2) is 5.65 Å². The largest absolute Gasteiger partial charge is 0.395 e. The Hall–Kier alpha value is -2.54. The van der Waals surface area contributed by atoms with Crippen molar-refractivity contribution in [3.8, 4) is 5.69 Å². The molecule has 1 aromatic carbocycles. The molecule has 6 nitrogen and oxygen atoms in total. The maximum absolute atomic E-state index is 14.0. The van der Waals surface area contributed by atoms with Crippen LogP contribution in [0.5, 0.6) is 0 Å². The van der Waals surface area contributed by atoms with Crippen molar-refractivity contribution in [2.75, 3.05) is 18.5 Å². The van der Waals surface area contributed by atoms with E-state index in [1.165, 1.54) is 17.1 Å². The van der Waals surface area contributed by atoms with Crippen molar-refractivity contribution in [2.45, 2.75) is 6.92 Å². The molecule has 2 N–H and O–H groups in total. The molecule has 0 aliphatic heterocycles. The first kappa shape index (κ1) is 13.4. The van der Waals surface area contributed by atoms with E-state index in [-0.39, 0.29) is 12.4 Å². The number of hydrogen-bond donors (Lipinski definition) is 2. The zero-order chi connectivity index (χ0) is 14.8. The average Bonchev–Trinajstić information content (AvgIpc) is 2.83. The summed E-state index contributed by atoms with van der Waals surface area (Å²) in [5.74, 6) is 0.208. The van der Waals surface area contributed by atoms with Gasteiger partial charge >= 0.3 is 0 Å². The first-order valence-corrected chi connectivity index (χ1v) is 6.52. The monoisotopic (exact) mass is 287 g/mol. The van der Waals surface area contributed by atoms with E-state index in [1.807, 2.05) is 6.92 Å². The van der Waals surface area contributed by atoms with E-state index < -0.39 is 0 Å². The molecular formula is C14H14FN5O. The van der Waals surface area contributed by atoms with Crippen LogP contribution in [0, 0.1) is 12.7 Å². The fraction of sp³-hybridized carbons (Fsp3) is 0.214. The minimum Gasteiger partial charge on any atom is -0.395 e. The van der Waals surface area contributed by atoms with E-state index in [9.17, 15) is 4.39 Å². The summed E-state index contributed by atoms with van der Waals surface area (Å²) in [6, 6.07) is 6.39. The van der Waals surface area contributed by atoms with E-state index in [0.29, 0.717) is 34.8 Å². The molecule has 0 unspecified atom stereocenters. The predicted molar refractivity (Wildman–Crippen MR) is 76.9 cm³/mol. The normalized spacial score (nSPS) is 11.0. The van der Waals surface area contributed by atoms with Gasteiger partial charge in [0.2, 0.25) is 0 Å². The van der Waals surface area contributed by atoms with Gasteiger partial charge in [-0.2, -0.15) is 5.10 Å². The lowest BCUT2D eigenvalue weighted by Gasteiger charge is -2.06. The van der Waals surface area contributed by atoms with Crippen molar-refractivity contribution in [1.29, 1.82) is 0 Å². The number of nitrogens with zero attached hydrogens (tertiary/aromatic N) is 4. The minimum atomic E-state index is -0.370. The molecule has 0 amide bonds. The molecule has 0 aliphatic carbocycles. The third-order valence-corrected chi connectivity index (χ3v) is 3.12. The van der Waals surface area contributed by atoms with Crippen molar-refractivity contribution < 1.29 is 9.50 Å². The second-order valence-corrected chi connectivity index (χ2v) is 4.52. The predicted octanol–water partition coefficient (Wildman–Crippen LogP) is 1.67. The van der Waals surface area contributed by atoms with Crippen molar-refractivity contribution in [3.63, 3.8) is 0 Å². The van der Waals surface area contributed by atoms with Crippen molar-refractivity contribution in [3.05, 3.63) is 42.1 Å². The summed E-state index contributed by atoms with van der Waals surface area (Å²) in [6.07, 6.45) is 1.39. The second-order valence-electron chi connectivity index (χ2n) is 4.52. The molecule has 2 heterocycles. The van der Waals surface area contributed by atoms with Gasteiger partial charge < -0.3 is 10.4 Å². The molecule has 0 fully saturated rings. The molecule has 0 saturated carbocycles. The Balaban J connectivity index is 2.20. The molecule has 21 heavy (non-hydrogen) atoms. The molecule has 108 valence electrons. The van der Waals surface area contributed by atoms with E-state index in [2.05, 4.69) is 20.4 Å². The average molecular weight is 287 g/mol. The number of rotatable bonds is 4. The number of halogens is 1. The van der Waals surface area contributed by atoms with Gasteiger partial charge in [-0.05, 0) is 19.1 Å². The highest BCUT2D eigenvalue weighted by Crippen LogP contribution is 2.25. The number of benzene rings is 1. The highest BCUT2D eigenvalue weighted by atomic mass is 19.1. The topological polar surface area (TPSA) is 75.9 Å². The Morgan fingerprint density at radius 3 is 2.86 bits per heavy atom. The third kappa shape index (κ3) is 2.31. The van der Waals surface area contributed by atoms with Gasteiger partial charge in [0.05, 0.1) is 17.7 Å². The number of anilines is 1.